The van der Waals surface area contributed by atoms with E-state index in [4.69, 9.17) is 23.2 Å². The average Bonchev–Trinajstić information content (AvgIpc) is 2.41. The minimum absolute atomic E-state index is 0.372. The van der Waals surface area contributed by atoms with E-state index in [1.165, 1.54) is 31.2 Å². The monoisotopic (exact) mass is 301 g/mol. The van der Waals surface area contributed by atoms with Crippen LogP contribution in [0.15, 0.2) is 18.2 Å². The normalized spacial score (nSPS) is 14.4. The van der Waals surface area contributed by atoms with Crippen LogP contribution < -0.4 is 5.32 Å². The summed E-state index contributed by atoms with van der Waals surface area (Å²) in [7, 11) is 0. The molecule has 2 atom stereocenters. The summed E-state index contributed by atoms with van der Waals surface area (Å²) >= 11 is 12.2. The molecule has 0 amide bonds. The topological polar surface area (TPSA) is 12.0 Å². The molecule has 0 aromatic heterocycles. The van der Waals surface area contributed by atoms with E-state index < -0.39 is 0 Å². The molecule has 0 saturated carbocycles. The Morgan fingerprint density at radius 3 is 2.37 bits per heavy atom. The predicted octanol–water partition coefficient (Wildman–Crippen LogP) is 5.86. The maximum Gasteiger partial charge on any atom is 0.0595 e. The summed E-state index contributed by atoms with van der Waals surface area (Å²) in [4.78, 5) is 0. The van der Waals surface area contributed by atoms with Crippen molar-refractivity contribution in [1.82, 2.24) is 5.32 Å². The average molecular weight is 302 g/mol. The van der Waals surface area contributed by atoms with Gasteiger partial charge in [-0.2, -0.15) is 0 Å². The second-order valence-corrected chi connectivity index (χ2v) is 5.83. The molecule has 0 bridgehead atoms. The smallest absolute Gasteiger partial charge is 0.0595 e. The van der Waals surface area contributed by atoms with Crippen LogP contribution in [0.5, 0.6) is 0 Å². The highest BCUT2D eigenvalue weighted by Gasteiger charge is 2.21. The third kappa shape index (κ3) is 4.98. The zero-order chi connectivity index (χ0) is 14.3. The summed E-state index contributed by atoms with van der Waals surface area (Å²) < 4.78 is 0. The van der Waals surface area contributed by atoms with Crippen LogP contribution in [0.3, 0.4) is 0 Å². The van der Waals surface area contributed by atoms with E-state index in [1.807, 2.05) is 12.1 Å². The second kappa shape index (κ2) is 8.84. The van der Waals surface area contributed by atoms with E-state index in [9.17, 15) is 0 Å². The van der Waals surface area contributed by atoms with Crippen molar-refractivity contribution in [3.05, 3.63) is 33.8 Å². The lowest BCUT2D eigenvalue weighted by atomic mass is 9.87. The number of hydrogen-bond acceptors (Lipinski definition) is 1. The first-order valence-electron chi connectivity index (χ1n) is 7.32. The SMILES string of the molecule is CCCCC(CC)C(NCC)c1ccc(Cl)c(Cl)c1. The van der Waals surface area contributed by atoms with Crippen LogP contribution in [0.4, 0.5) is 0 Å². The van der Waals surface area contributed by atoms with Gasteiger partial charge >= 0.3 is 0 Å². The first-order valence-corrected chi connectivity index (χ1v) is 8.07. The van der Waals surface area contributed by atoms with Crippen molar-refractivity contribution in [3.63, 3.8) is 0 Å². The fourth-order valence-corrected chi connectivity index (χ4v) is 2.86. The van der Waals surface area contributed by atoms with Crippen LogP contribution in [-0.2, 0) is 0 Å². The number of halogens is 2. The lowest BCUT2D eigenvalue weighted by molar-refractivity contribution is 0.328. The summed E-state index contributed by atoms with van der Waals surface area (Å²) in [5, 5.41) is 4.88. The van der Waals surface area contributed by atoms with Crippen molar-refractivity contribution >= 4 is 23.2 Å². The number of hydrogen-bond donors (Lipinski definition) is 1. The Bertz CT molecular complexity index is 379. The van der Waals surface area contributed by atoms with E-state index in [1.54, 1.807) is 0 Å². The number of unbranched alkanes of at least 4 members (excludes halogenated alkanes) is 1. The first-order chi connectivity index (χ1) is 9.13. The Hall–Kier alpha value is -0.240. The molecular formula is C16H25Cl2N. The zero-order valence-corrected chi connectivity index (χ0v) is 13.7. The van der Waals surface area contributed by atoms with Gasteiger partial charge in [-0.05, 0) is 36.6 Å². The van der Waals surface area contributed by atoms with Gasteiger partial charge in [0.25, 0.3) is 0 Å². The first kappa shape index (κ1) is 16.8. The van der Waals surface area contributed by atoms with Gasteiger partial charge < -0.3 is 5.32 Å². The molecule has 0 aliphatic rings. The van der Waals surface area contributed by atoms with Gasteiger partial charge in [-0.3, -0.25) is 0 Å². The molecule has 1 aromatic rings. The minimum Gasteiger partial charge on any atom is -0.310 e. The fraction of sp³-hybridized carbons (Fsp3) is 0.625. The van der Waals surface area contributed by atoms with E-state index in [0.29, 0.717) is 22.0 Å². The molecule has 0 aliphatic heterocycles. The van der Waals surface area contributed by atoms with Gasteiger partial charge in [0.05, 0.1) is 10.0 Å². The van der Waals surface area contributed by atoms with Crippen molar-refractivity contribution in [1.29, 1.82) is 0 Å². The van der Waals surface area contributed by atoms with Crippen molar-refractivity contribution in [3.8, 4) is 0 Å². The summed E-state index contributed by atoms with van der Waals surface area (Å²) in [6.45, 7) is 7.63. The van der Waals surface area contributed by atoms with Gasteiger partial charge in [0.15, 0.2) is 0 Å². The highest BCUT2D eigenvalue weighted by molar-refractivity contribution is 6.42. The molecule has 0 fully saturated rings. The van der Waals surface area contributed by atoms with Gasteiger partial charge in [0, 0.05) is 6.04 Å². The zero-order valence-electron chi connectivity index (χ0n) is 12.2. The molecule has 0 aliphatic carbocycles. The highest BCUT2D eigenvalue weighted by atomic mass is 35.5. The summed E-state index contributed by atoms with van der Waals surface area (Å²) in [6.07, 6.45) is 4.96. The van der Waals surface area contributed by atoms with Crippen LogP contribution in [0.25, 0.3) is 0 Å². The third-order valence-electron chi connectivity index (χ3n) is 3.65. The molecule has 1 nitrogen and oxygen atoms in total. The van der Waals surface area contributed by atoms with Crippen LogP contribution in [-0.4, -0.2) is 6.54 Å². The van der Waals surface area contributed by atoms with Crippen molar-refractivity contribution in [2.75, 3.05) is 6.54 Å². The summed E-state index contributed by atoms with van der Waals surface area (Å²) in [5.41, 5.74) is 1.25. The van der Waals surface area contributed by atoms with Gasteiger partial charge in [-0.1, -0.05) is 69.3 Å². The second-order valence-electron chi connectivity index (χ2n) is 5.02. The number of rotatable bonds is 8. The maximum atomic E-state index is 6.15. The molecule has 1 aromatic carbocycles. The van der Waals surface area contributed by atoms with Crippen LogP contribution in [0.1, 0.15) is 58.1 Å². The molecule has 0 heterocycles. The van der Waals surface area contributed by atoms with Crippen molar-refractivity contribution in [2.45, 2.75) is 52.5 Å². The molecule has 3 heteroatoms. The molecule has 1 N–H and O–H groups in total. The molecule has 0 spiro atoms. The number of nitrogens with one attached hydrogen (secondary N) is 1. The molecule has 0 radical (unpaired) electrons. The van der Waals surface area contributed by atoms with Crippen LogP contribution >= 0.6 is 23.2 Å². The van der Waals surface area contributed by atoms with Crippen LogP contribution in [0, 0.1) is 5.92 Å². The Morgan fingerprint density at radius 2 is 1.84 bits per heavy atom. The minimum atomic E-state index is 0.372. The Kier molecular flexibility index (Phi) is 7.82. The molecule has 0 saturated heterocycles. The Morgan fingerprint density at radius 1 is 1.11 bits per heavy atom. The summed E-state index contributed by atoms with van der Waals surface area (Å²) in [5.74, 6) is 0.650. The standard InChI is InChI=1S/C16H25Cl2N/c1-4-7-8-12(5-2)16(19-6-3)13-9-10-14(17)15(18)11-13/h9-12,16,19H,4-8H2,1-3H3. The molecule has 2 unspecified atom stereocenters. The molecule has 1 rings (SSSR count). The highest BCUT2D eigenvalue weighted by Crippen LogP contribution is 2.32. The van der Waals surface area contributed by atoms with Gasteiger partial charge in [-0.15, -0.1) is 0 Å². The van der Waals surface area contributed by atoms with Gasteiger partial charge in [0.1, 0.15) is 0 Å². The van der Waals surface area contributed by atoms with E-state index in [-0.39, 0.29) is 0 Å². The molecule has 19 heavy (non-hydrogen) atoms. The van der Waals surface area contributed by atoms with Crippen molar-refractivity contribution < 1.29 is 0 Å². The van der Waals surface area contributed by atoms with E-state index in [0.717, 1.165) is 6.54 Å². The van der Waals surface area contributed by atoms with Crippen LogP contribution in [0.2, 0.25) is 10.0 Å². The van der Waals surface area contributed by atoms with E-state index >= 15 is 0 Å². The Labute approximate surface area is 127 Å². The van der Waals surface area contributed by atoms with Gasteiger partial charge in [-0.25, -0.2) is 0 Å². The number of benzene rings is 1. The quantitative estimate of drug-likeness (QED) is 0.634. The third-order valence-corrected chi connectivity index (χ3v) is 4.39. The molecular weight excluding hydrogens is 277 g/mol. The van der Waals surface area contributed by atoms with Gasteiger partial charge in [0.2, 0.25) is 0 Å². The van der Waals surface area contributed by atoms with E-state index in [2.05, 4.69) is 32.2 Å². The molecule has 108 valence electrons. The van der Waals surface area contributed by atoms with Crippen molar-refractivity contribution in [2.24, 2.45) is 5.92 Å². The largest absolute Gasteiger partial charge is 0.310 e. The Balaban J connectivity index is 2.93. The lowest BCUT2D eigenvalue weighted by Crippen LogP contribution is -2.28. The maximum absolute atomic E-state index is 6.15. The lowest BCUT2D eigenvalue weighted by Gasteiger charge is -2.28. The fourth-order valence-electron chi connectivity index (χ4n) is 2.56. The predicted molar refractivity (Wildman–Crippen MR) is 86.2 cm³/mol. The summed E-state index contributed by atoms with van der Waals surface area (Å²) in [6, 6.07) is 6.37.